The Kier molecular flexibility index (Phi) is 5.84. The number of primary amides is 1. The van der Waals surface area contributed by atoms with Crippen molar-refractivity contribution in [2.75, 3.05) is 5.75 Å². The number of nitrogens with two attached hydrogens (primary N) is 1. The molecule has 0 aromatic rings. The van der Waals surface area contributed by atoms with Crippen LogP contribution in [0.25, 0.3) is 0 Å². The molecule has 0 aliphatic carbocycles. The largest absolute Gasteiger partial charge is 0.368 e. The number of amides is 1. The smallest absolute Gasteiger partial charge is 0.237 e. The molecule has 1 unspecified atom stereocenters. The lowest BCUT2D eigenvalue weighted by atomic mass is 9.97. The molecule has 3 N–H and O–H groups in total. The zero-order valence-electron chi connectivity index (χ0n) is 11.4. The van der Waals surface area contributed by atoms with Crippen molar-refractivity contribution in [3.05, 3.63) is 0 Å². The first-order valence-corrected chi connectivity index (χ1v) is 6.77. The minimum Gasteiger partial charge on any atom is -0.368 e. The molecule has 3 nitrogen and oxygen atoms in total. The van der Waals surface area contributed by atoms with Crippen molar-refractivity contribution in [3.63, 3.8) is 0 Å². The van der Waals surface area contributed by atoms with Gasteiger partial charge in [0.25, 0.3) is 0 Å². The van der Waals surface area contributed by atoms with E-state index >= 15 is 0 Å². The quantitative estimate of drug-likeness (QED) is 0.755. The Morgan fingerprint density at radius 3 is 2.12 bits per heavy atom. The molecule has 0 spiro atoms. The van der Waals surface area contributed by atoms with E-state index in [0.717, 1.165) is 12.2 Å². The topological polar surface area (TPSA) is 55.1 Å². The Morgan fingerprint density at radius 1 is 1.31 bits per heavy atom. The average molecular weight is 246 g/mol. The van der Waals surface area contributed by atoms with Gasteiger partial charge in [0, 0.05) is 10.8 Å². The van der Waals surface area contributed by atoms with Crippen LogP contribution in [0, 0.1) is 0 Å². The third kappa shape index (κ3) is 6.38. The lowest BCUT2D eigenvalue weighted by molar-refractivity contribution is -0.124. The first kappa shape index (κ1) is 15.8. The zero-order chi connectivity index (χ0) is 13.0. The molecule has 0 aliphatic heterocycles. The van der Waals surface area contributed by atoms with Crippen LogP contribution in [-0.2, 0) is 4.79 Å². The number of hydrogen-bond acceptors (Lipinski definition) is 3. The third-order valence-electron chi connectivity index (χ3n) is 2.29. The summed E-state index contributed by atoms with van der Waals surface area (Å²) in [6.07, 6.45) is 0.766. The summed E-state index contributed by atoms with van der Waals surface area (Å²) in [5, 5.41) is 3.25. The summed E-state index contributed by atoms with van der Waals surface area (Å²) in [4.78, 5) is 11.5. The molecule has 4 heteroatoms. The van der Waals surface area contributed by atoms with Crippen molar-refractivity contribution in [3.8, 4) is 0 Å². The lowest BCUT2D eigenvalue weighted by Crippen LogP contribution is -2.55. The van der Waals surface area contributed by atoms with E-state index in [1.165, 1.54) is 0 Å². The molecule has 0 saturated carbocycles. The molecule has 0 aromatic heterocycles. The fraction of sp³-hybridized carbons (Fsp3) is 0.917. The second-order valence-corrected chi connectivity index (χ2v) is 7.63. The Hall–Kier alpha value is -0.220. The predicted octanol–water partition coefficient (Wildman–Crippen LogP) is 2.15. The number of thioether (sulfide) groups is 1. The number of rotatable bonds is 6. The van der Waals surface area contributed by atoms with Gasteiger partial charge in [0.15, 0.2) is 0 Å². The Bertz CT molecular complexity index is 236. The Morgan fingerprint density at radius 2 is 1.81 bits per heavy atom. The standard InChI is InChI=1S/C12H26N2OS/c1-9(2)14-12(6,10(13)15)7-8-16-11(3,4)5/h9,14H,7-8H2,1-6H3,(H2,13,15). The molecule has 96 valence electrons. The normalized spacial score (nSPS) is 16.2. The first-order valence-electron chi connectivity index (χ1n) is 5.78. The number of hydrogen-bond donors (Lipinski definition) is 2. The SMILES string of the molecule is CC(C)NC(C)(CCSC(C)(C)C)C(N)=O. The van der Waals surface area contributed by atoms with Crippen LogP contribution in [0.1, 0.15) is 48.0 Å². The van der Waals surface area contributed by atoms with E-state index < -0.39 is 5.54 Å². The van der Waals surface area contributed by atoms with E-state index in [4.69, 9.17) is 5.73 Å². The molecule has 1 atom stereocenters. The van der Waals surface area contributed by atoms with Gasteiger partial charge in [0.2, 0.25) is 5.91 Å². The molecule has 1 amide bonds. The highest BCUT2D eigenvalue weighted by atomic mass is 32.2. The average Bonchev–Trinajstić information content (AvgIpc) is 1.99. The molecule has 0 saturated heterocycles. The maximum atomic E-state index is 11.5. The van der Waals surface area contributed by atoms with Crippen LogP contribution in [-0.4, -0.2) is 28.0 Å². The van der Waals surface area contributed by atoms with Gasteiger partial charge in [0.05, 0.1) is 5.54 Å². The maximum absolute atomic E-state index is 11.5. The van der Waals surface area contributed by atoms with Crippen LogP contribution in [0.15, 0.2) is 0 Å². The van der Waals surface area contributed by atoms with E-state index in [9.17, 15) is 4.79 Å². The lowest BCUT2D eigenvalue weighted by Gasteiger charge is -2.30. The van der Waals surface area contributed by atoms with Crippen LogP contribution >= 0.6 is 11.8 Å². The molecule has 0 bridgehead atoms. The van der Waals surface area contributed by atoms with Crippen LogP contribution in [0.4, 0.5) is 0 Å². The van der Waals surface area contributed by atoms with Crippen molar-refractivity contribution in [1.82, 2.24) is 5.32 Å². The minimum atomic E-state index is -0.591. The maximum Gasteiger partial charge on any atom is 0.237 e. The highest BCUT2D eigenvalue weighted by molar-refractivity contribution is 8.00. The van der Waals surface area contributed by atoms with Crippen LogP contribution in [0.3, 0.4) is 0 Å². The van der Waals surface area contributed by atoms with Crippen LogP contribution in [0.2, 0.25) is 0 Å². The first-order chi connectivity index (χ1) is 7.07. The van der Waals surface area contributed by atoms with E-state index in [-0.39, 0.29) is 16.7 Å². The number of carbonyl (C=O) groups is 1. The van der Waals surface area contributed by atoms with Crippen LogP contribution in [0.5, 0.6) is 0 Å². The molecular weight excluding hydrogens is 220 g/mol. The van der Waals surface area contributed by atoms with E-state index in [1.54, 1.807) is 0 Å². The second kappa shape index (κ2) is 5.92. The van der Waals surface area contributed by atoms with Gasteiger partial charge < -0.3 is 11.1 Å². The minimum absolute atomic E-state index is 0.233. The predicted molar refractivity (Wildman–Crippen MR) is 72.7 cm³/mol. The van der Waals surface area contributed by atoms with Crippen molar-refractivity contribution in [2.45, 2.75) is 64.3 Å². The molecule has 0 aliphatic rings. The number of carbonyl (C=O) groups excluding carboxylic acids is 1. The van der Waals surface area contributed by atoms with Crippen molar-refractivity contribution in [2.24, 2.45) is 5.73 Å². The van der Waals surface area contributed by atoms with E-state index in [1.807, 2.05) is 32.5 Å². The van der Waals surface area contributed by atoms with Crippen LogP contribution < -0.4 is 11.1 Å². The summed E-state index contributed by atoms with van der Waals surface area (Å²) in [7, 11) is 0. The summed E-state index contributed by atoms with van der Waals surface area (Å²) in [6.45, 7) is 12.5. The van der Waals surface area contributed by atoms with E-state index in [2.05, 4.69) is 26.1 Å². The van der Waals surface area contributed by atoms with Gasteiger partial charge in [-0.3, -0.25) is 4.79 Å². The molecule has 0 fully saturated rings. The van der Waals surface area contributed by atoms with Gasteiger partial charge in [-0.15, -0.1) is 0 Å². The molecule has 0 rings (SSSR count). The van der Waals surface area contributed by atoms with Gasteiger partial charge in [-0.2, -0.15) is 11.8 Å². The van der Waals surface area contributed by atoms with Crippen molar-refractivity contribution >= 4 is 17.7 Å². The highest BCUT2D eigenvalue weighted by Crippen LogP contribution is 2.26. The molecule has 0 radical (unpaired) electrons. The Balaban J connectivity index is 4.29. The van der Waals surface area contributed by atoms with Gasteiger partial charge in [-0.05, 0) is 32.9 Å². The monoisotopic (exact) mass is 246 g/mol. The third-order valence-corrected chi connectivity index (χ3v) is 3.56. The molecular formula is C12H26N2OS. The fourth-order valence-electron chi connectivity index (χ4n) is 1.46. The summed E-state index contributed by atoms with van der Waals surface area (Å²) in [5.74, 6) is 0.665. The molecule has 16 heavy (non-hydrogen) atoms. The summed E-state index contributed by atoms with van der Waals surface area (Å²) < 4.78 is 0.233. The van der Waals surface area contributed by atoms with Crippen molar-refractivity contribution < 1.29 is 4.79 Å². The zero-order valence-corrected chi connectivity index (χ0v) is 12.2. The van der Waals surface area contributed by atoms with Gasteiger partial charge in [0.1, 0.15) is 0 Å². The highest BCUT2D eigenvalue weighted by Gasteiger charge is 2.31. The van der Waals surface area contributed by atoms with Gasteiger partial charge in [-0.25, -0.2) is 0 Å². The summed E-state index contributed by atoms with van der Waals surface area (Å²) >= 11 is 1.86. The van der Waals surface area contributed by atoms with Crippen molar-refractivity contribution in [1.29, 1.82) is 0 Å². The van der Waals surface area contributed by atoms with E-state index in [0.29, 0.717) is 0 Å². The number of nitrogens with one attached hydrogen (secondary N) is 1. The molecule has 0 aromatic carbocycles. The fourth-order valence-corrected chi connectivity index (χ4v) is 2.59. The second-order valence-electron chi connectivity index (χ2n) is 5.71. The van der Waals surface area contributed by atoms with Gasteiger partial charge >= 0.3 is 0 Å². The molecule has 0 heterocycles. The summed E-state index contributed by atoms with van der Waals surface area (Å²) in [5.41, 5.74) is 4.87. The van der Waals surface area contributed by atoms with Gasteiger partial charge in [-0.1, -0.05) is 20.8 Å². The Labute approximate surface area is 104 Å². The summed E-state index contributed by atoms with van der Waals surface area (Å²) in [6, 6.07) is 0.261.